The van der Waals surface area contributed by atoms with E-state index in [0.717, 1.165) is 0 Å². The molecule has 1 heterocycles. The molecule has 0 spiro atoms. The van der Waals surface area contributed by atoms with E-state index < -0.39 is 0 Å². The summed E-state index contributed by atoms with van der Waals surface area (Å²) in [6, 6.07) is 6.82. The lowest BCUT2D eigenvalue weighted by Crippen LogP contribution is -2.38. The lowest BCUT2D eigenvalue weighted by molar-refractivity contribution is 0.0704. The minimum absolute atomic E-state index is 0.0305. The summed E-state index contributed by atoms with van der Waals surface area (Å²) in [5, 5.41) is 18.6. The number of benzene rings is 1. The van der Waals surface area contributed by atoms with Crippen LogP contribution in [0.5, 0.6) is 11.5 Å². The minimum atomic E-state index is -0.215. The van der Waals surface area contributed by atoms with E-state index in [2.05, 4.69) is 6.07 Å². The number of hydrogen-bond donors (Lipinski definition) is 1. The van der Waals surface area contributed by atoms with E-state index in [-0.39, 0.29) is 23.1 Å². The van der Waals surface area contributed by atoms with Crippen LogP contribution in [0.15, 0.2) is 18.2 Å². The summed E-state index contributed by atoms with van der Waals surface area (Å²) in [4.78, 5) is 14.0. The van der Waals surface area contributed by atoms with Gasteiger partial charge in [-0.1, -0.05) is 0 Å². The number of rotatable bonds is 2. The Bertz CT molecular complexity index is 514. The van der Waals surface area contributed by atoms with Gasteiger partial charge in [-0.15, -0.1) is 0 Å². The van der Waals surface area contributed by atoms with E-state index in [0.29, 0.717) is 31.7 Å². The summed E-state index contributed by atoms with van der Waals surface area (Å²) >= 11 is 0. The van der Waals surface area contributed by atoms with Crippen molar-refractivity contribution >= 4 is 5.91 Å². The molecule has 1 amide bonds. The van der Waals surface area contributed by atoms with Crippen molar-refractivity contribution in [3.63, 3.8) is 0 Å². The first-order valence-corrected chi connectivity index (χ1v) is 6.21. The van der Waals surface area contributed by atoms with Crippen molar-refractivity contribution < 1.29 is 14.6 Å². The van der Waals surface area contributed by atoms with E-state index >= 15 is 0 Å². The third-order valence-electron chi connectivity index (χ3n) is 3.40. The van der Waals surface area contributed by atoms with Crippen molar-refractivity contribution in [1.82, 2.24) is 4.90 Å². The lowest BCUT2D eigenvalue weighted by atomic mass is 9.98. The van der Waals surface area contributed by atoms with Gasteiger partial charge in [0, 0.05) is 19.0 Å². The molecule has 1 aliphatic rings. The molecular weight excluding hydrogens is 244 g/mol. The maximum absolute atomic E-state index is 12.3. The predicted molar refractivity (Wildman–Crippen MR) is 68.9 cm³/mol. The predicted octanol–water partition coefficient (Wildman–Crippen LogP) is 1.78. The molecule has 0 radical (unpaired) electrons. The van der Waals surface area contributed by atoms with Gasteiger partial charge >= 0.3 is 0 Å². The molecule has 5 nitrogen and oxygen atoms in total. The van der Waals surface area contributed by atoms with Crippen LogP contribution in [0.3, 0.4) is 0 Å². The zero-order valence-electron chi connectivity index (χ0n) is 10.8. The molecule has 19 heavy (non-hydrogen) atoms. The molecule has 0 aromatic heterocycles. The van der Waals surface area contributed by atoms with Crippen LogP contribution in [0.1, 0.15) is 23.2 Å². The highest BCUT2D eigenvalue weighted by Crippen LogP contribution is 2.26. The number of nitrogens with zero attached hydrogens (tertiary/aromatic N) is 2. The highest BCUT2D eigenvalue weighted by Gasteiger charge is 2.25. The highest BCUT2D eigenvalue weighted by molar-refractivity contribution is 5.97. The van der Waals surface area contributed by atoms with Gasteiger partial charge < -0.3 is 14.7 Å². The Morgan fingerprint density at radius 3 is 2.74 bits per heavy atom. The maximum Gasteiger partial charge on any atom is 0.257 e. The van der Waals surface area contributed by atoms with Crippen LogP contribution < -0.4 is 4.74 Å². The SMILES string of the molecule is COc1ccc(O)c(C(=O)N2CCC(C#N)CC2)c1. The first-order chi connectivity index (χ1) is 9.15. The second kappa shape index (κ2) is 5.61. The Morgan fingerprint density at radius 2 is 2.16 bits per heavy atom. The van der Waals surface area contributed by atoms with Crippen molar-refractivity contribution in [3.8, 4) is 17.6 Å². The van der Waals surface area contributed by atoms with Gasteiger partial charge in [0.05, 0.1) is 18.7 Å². The molecule has 1 fully saturated rings. The van der Waals surface area contributed by atoms with Crippen LogP contribution in [0, 0.1) is 17.2 Å². The number of carbonyl (C=O) groups is 1. The maximum atomic E-state index is 12.3. The van der Waals surface area contributed by atoms with E-state index in [9.17, 15) is 9.90 Å². The second-order valence-electron chi connectivity index (χ2n) is 4.58. The Hall–Kier alpha value is -2.22. The molecule has 5 heteroatoms. The molecule has 0 saturated carbocycles. The Morgan fingerprint density at radius 1 is 1.47 bits per heavy atom. The molecule has 1 N–H and O–H groups in total. The van der Waals surface area contributed by atoms with Crippen molar-refractivity contribution in [1.29, 1.82) is 5.26 Å². The Labute approximate surface area is 112 Å². The number of phenolic OH excluding ortho intramolecular Hbond substituents is 1. The van der Waals surface area contributed by atoms with Crippen LogP contribution in [-0.2, 0) is 0 Å². The molecular formula is C14H16N2O3. The van der Waals surface area contributed by atoms with Crippen LogP contribution in [0.4, 0.5) is 0 Å². The minimum Gasteiger partial charge on any atom is -0.507 e. The van der Waals surface area contributed by atoms with Gasteiger partial charge in [0.2, 0.25) is 0 Å². The van der Waals surface area contributed by atoms with Crippen molar-refractivity contribution in [2.75, 3.05) is 20.2 Å². The molecule has 1 aromatic carbocycles. The first kappa shape index (κ1) is 13.2. The van der Waals surface area contributed by atoms with E-state index in [1.54, 1.807) is 11.0 Å². The van der Waals surface area contributed by atoms with Gasteiger partial charge in [-0.05, 0) is 31.0 Å². The Kier molecular flexibility index (Phi) is 3.91. The van der Waals surface area contributed by atoms with Crippen molar-refractivity contribution in [3.05, 3.63) is 23.8 Å². The van der Waals surface area contributed by atoms with Gasteiger partial charge in [0.25, 0.3) is 5.91 Å². The van der Waals surface area contributed by atoms with Crippen LogP contribution >= 0.6 is 0 Å². The molecule has 100 valence electrons. The number of ether oxygens (including phenoxy) is 1. The zero-order valence-corrected chi connectivity index (χ0v) is 10.8. The topological polar surface area (TPSA) is 73.6 Å². The highest BCUT2D eigenvalue weighted by atomic mass is 16.5. The monoisotopic (exact) mass is 260 g/mol. The molecule has 0 aliphatic carbocycles. The van der Waals surface area contributed by atoms with E-state index in [1.165, 1.54) is 19.2 Å². The molecule has 1 aliphatic heterocycles. The smallest absolute Gasteiger partial charge is 0.257 e. The van der Waals surface area contributed by atoms with Gasteiger partial charge in [-0.3, -0.25) is 4.79 Å². The summed E-state index contributed by atoms with van der Waals surface area (Å²) in [6.07, 6.45) is 1.37. The average molecular weight is 260 g/mol. The number of amides is 1. The van der Waals surface area contributed by atoms with Gasteiger partial charge in [0.1, 0.15) is 11.5 Å². The number of nitriles is 1. The fraction of sp³-hybridized carbons (Fsp3) is 0.429. The number of carbonyl (C=O) groups excluding carboxylic acids is 1. The number of aromatic hydroxyl groups is 1. The normalized spacial score (nSPS) is 15.9. The molecule has 2 rings (SSSR count). The van der Waals surface area contributed by atoms with Crippen molar-refractivity contribution in [2.45, 2.75) is 12.8 Å². The fourth-order valence-electron chi connectivity index (χ4n) is 2.20. The van der Waals surface area contributed by atoms with Crippen LogP contribution in [0.2, 0.25) is 0 Å². The number of phenols is 1. The Balaban J connectivity index is 2.14. The molecule has 1 saturated heterocycles. The van der Waals surface area contributed by atoms with E-state index in [1.807, 2.05) is 0 Å². The zero-order chi connectivity index (χ0) is 13.8. The lowest BCUT2D eigenvalue weighted by Gasteiger charge is -2.29. The summed E-state index contributed by atoms with van der Waals surface area (Å²) in [7, 11) is 1.51. The third kappa shape index (κ3) is 2.79. The quantitative estimate of drug-likeness (QED) is 0.879. The largest absolute Gasteiger partial charge is 0.507 e. The average Bonchev–Trinajstić information content (AvgIpc) is 2.47. The molecule has 0 atom stereocenters. The number of likely N-dealkylation sites (tertiary alicyclic amines) is 1. The summed E-state index contributed by atoms with van der Waals surface area (Å²) in [6.45, 7) is 1.10. The standard InChI is InChI=1S/C14H16N2O3/c1-19-11-2-3-13(17)12(8-11)14(18)16-6-4-10(9-15)5-7-16/h2-3,8,10,17H,4-7H2,1H3. The summed E-state index contributed by atoms with van der Waals surface area (Å²) in [5.74, 6) is 0.303. The van der Waals surface area contributed by atoms with Crippen molar-refractivity contribution in [2.24, 2.45) is 5.92 Å². The van der Waals surface area contributed by atoms with Crippen LogP contribution in [-0.4, -0.2) is 36.1 Å². The van der Waals surface area contributed by atoms with Crippen LogP contribution in [0.25, 0.3) is 0 Å². The molecule has 0 bridgehead atoms. The second-order valence-corrected chi connectivity index (χ2v) is 4.58. The first-order valence-electron chi connectivity index (χ1n) is 6.21. The number of hydrogen-bond acceptors (Lipinski definition) is 4. The summed E-state index contributed by atoms with van der Waals surface area (Å²) in [5.41, 5.74) is 0.245. The summed E-state index contributed by atoms with van der Waals surface area (Å²) < 4.78 is 5.06. The fourth-order valence-corrected chi connectivity index (χ4v) is 2.20. The molecule has 0 unspecified atom stereocenters. The van der Waals surface area contributed by atoms with E-state index in [4.69, 9.17) is 10.00 Å². The van der Waals surface area contributed by atoms with Gasteiger partial charge in [0.15, 0.2) is 0 Å². The van der Waals surface area contributed by atoms with Gasteiger partial charge in [-0.25, -0.2) is 0 Å². The molecule has 1 aromatic rings. The van der Waals surface area contributed by atoms with Gasteiger partial charge in [-0.2, -0.15) is 5.26 Å². The third-order valence-corrected chi connectivity index (χ3v) is 3.40. The number of methoxy groups -OCH3 is 1. The number of piperidine rings is 1.